The van der Waals surface area contributed by atoms with Gasteiger partial charge in [-0.1, -0.05) is 24.3 Å². The molecule has 1 aromatic heterocycles. The number of benzene rings is 3. The molecule has 6 heteroatoms. The van der Waals surface area contributed by atoms with Gasteiger partial charge in [0.2, 0.25) is 0 Å². The van der Waals surface area contributed by atoms with E-state index in [2.05, 4.69) is 20.8 Å². The molecule has 0 saturated heterocycles. The van der Waals surface area contributed by atoms with E-state index in [4.69, 9.17) is 0 Å². The number of hydrogen-bond donors (Lipinski definition) is 2. The first-order valence-electron chi connectivity index (χ1n) is 9.83. The van der Waals surface area contributed by atoms with Crippen LogP contribution in [-0.2, 0) is 0 Å². The molecule has 0 atom stereocenters. The van der Waals surface area contributed by atoms with E-state index in [1.165, 1.54) is 17.7 Å². The van der Waals surface area contributed by atoms with Crippen molar-refractivity contribution < 1.29 is 9.18 Å². The molecule has 0 unspecified atom stereocenters. The summed E-state index contributed by atoms with van der Waals surface area (Å²) in [6, 6.07) is 22.7. The van der Waals surface area contributed by atoms with Crippen LogP contribution >= 0.6 is 0 Å². The van der Waals surface area contributed by atoms with E-state index in [0.717, 1.165) is 11.3 Å². The van der Waals surface area contributed by atoms with Gasteiger partial charge in [-0.3, -0.25) is 4.79 Å². The van der Waals surface area contributed by atoms with Gasteiger partial charge in [-0.25, -0.2) is 4.39 Å². The second-order valence-corrected chi connectivity index (χ2v) is 7.27. The van der Waals surface area contributed by atoms with Crippen molar-refractivity contribution in [2.24, 2.45) is 0 Å². The van der Waals surface area contributed by atoms with E-state index >= 15 is 0 Å². The van der Waals surface area contributed by atoms with E-state index in [0.29, 0.717) is 28.3 Å². The Morgan fingerprint density at radius 3 is 2.39 bits per heavy atom. The minimum absolute atomic E-state index is 0.195. The van der Waals surface area contributed by atoms with Gasteiger partial charge < -0.3 is 10.6 Å². The summed E-state index contributed by atoms with van der Waals surface area (Å²) in [7, 11) is 0. The van der Waals surface area contributed by atoms with Crippen LogP contribution in [0, 0.1) is 19.7 Å². The molecule has 4 aromatic rings. The third-order valence-corrected chi connectivity index (χ3v) is 4.95. The molecule has 1 heterocycles. The fourth-order valence-electron chi connectivity index (χ4n) is 3.11. The highest BCUT2D eigenvalue weighted by Gasteiger charge is 2.09. The van der Waals surface area contributed by atoms with Gasteiger partial charge in [-0.2, -0.15) is 0 Å². The monoisotopic (exact) mass is 412 g/mol. The van der Waals surface area contributed by atoms with Gasteiger partial charge in [0.05, 0.1) is 5.69 Å². The van der Waals surface area contributed by atoms with E-state index in [9.17, 15) is 9.18 Å². The molecule has 4 rings (SSSR count). The number of aryl methyl sites for hydroxylation is 2. The fourth-order valence-corrected chi connectivity index (χ4v) is 3.11. The summed E-state index contributed by atoms with van der Waals surface area (Å²) >= 11 is 0. The zero-order valence-corrected chi connectivity index (χ0v) is 17.2. The van der Waals surface area contributed by atoms with Gasteiger partial charge in [0.15, 0.2) is 5.82 Å². The number of halogens is 1. The molecule has 5 nitrogen and oxygen atoms in total. The number of hydrogen-bond acceptors (Lipinski definition) is 4. The highest BCUT2D eigenvalue weighted by molar-refractivity contribution is 6.04. The van der Waals surface area contributed by atoms with Crippen molar-refractivity contribution in [2.75, 3.05) is 10.6 Å². The van der Waals surface area contributed by atoms with Gasteiger partial charge in [0, 0.05) is 22.5 Å². The SMILES string of the molecule is Cc1ccc(NC(=O)c2cccc(Nc3ccc(-c4cccc(F)c4)nn3)c2)cc1C. The lowest BCUT2D eigenvalue weighted by molar-refractivity contribution is 0.102. The maximum Gasteiger partial charge on any atom is 0.255 e. The standard InChI is InChI=1S/C25H21FN4O/c1-16-9-10-22(13-17(16)2)28-25(31)19-6-4-8-21(15-19)27-24-12-11-23(29-30-24)18-5-3-7-20(26)14-18/h3-15H,1-2H3,(H,27,30)(H,28,31). The molecular formula is C25H21FN4O. The second-order valence-electron chi connectivity index (χ2n) is 7.27. The number of nitrogens with zero attached hydrogens (tertiary/aromatic N) is 2. The molecule has 3 aromatic carbocycles. The number of carbonyl (C=O) groups excluding carboxylic acids is 1. The summed E-state index contributed by atoms with van der Waals surface area (Å²) in [6.45, 7) is 4.04. The molecule has 154 valence electrons. The minimum atomic E-state index is -0.322. The molecule has 2 N–H and O–H groups in total. The largest absolute Gasteiger partial charge is 0.339 e. The lowest BCUT2D eigenvalue weighted by atomic mass is 10.1. The Hall–Kier alpha value is -4.06. The van der Waals surface area contributed by atoms with Crippen molar-refractivity contribution in [3.05, 3.63) is 101 Å². The van der Waals surface area contributed by atoms with Crippen LogP contribution in [0.2, 0.25) is 0 Å². The van der Waals surface area contributed by atoms with Crippen molar-refractivity contribution in [1.82, 2.24) is 10.2 Å². The average Bonchev–Trinajstić information content (AvgIpc) is 2.77. The van der Waals surface area contributed by atoms with Crippen molar-refractivity contribution in [2.45, 2.75) is 13.8 Å². The fraction of sp³-hybridized carbons (Fsp3) is 0.0800. The third-order valence-electron chi connectivity index (χ3n) is 4.95. The Labute approximate surface area is 180 Å². The number of rotatable bonds is 5. The predicted molar refractivity (Wildman–Crippen MR) is 121 cm³/mol. The zero-order chi connectivity index (χ0) is 21.8. The summed E-state index contributed by atoms with van der Waals surface area (Å²) in [5.41, 5.74) is 5.51. The topological polar surface area (TPSA) is 66.9 Å². The molecule has 0 saturated carbocycles. The molecule has 0 fully saturated rings. The van der Waals surface area contributed by atoms with Crippen molar-refractivity contribution in [3.8, 4) is 11.3 Å². The van der Waals surface area contributed by atoms with Gasteiger partial charge in [-0.15, -0.1) is 10.2 Å². The molecular weight excluding hydrogens is 391 g/mol. The Bertz CT molecular complexity index is 1240. The molecule has 0 radical (unpaired) electrons. The van der Waals surface area contributed by atoms with E-state index in [1.54, 1.807) is 42.5 Å². The van der Waals surface area contributed by atoms with Crippen molar-refractivity contribution in [3.63, 3.8) is 0 Å². The molecule has 0 spiro atoms. The number of aromatic nitrogens is 2. The predicted octanol–water partition coefficient (Wildman–Crippen LogP) is 5.90. The summed E-state index contributed by atoms with van der Waals surface area (Å²) in [4.78, 5) is 12.6. The first-order valence-corrected chi connectivity index (χ1v) is 9.83. The Morgan fingerprint density at radius 2 is 1.65 bits per heavy atom. The van der Waals surface area contributed by atoms with Crippen molar-refractivity contribution in [1.29, 1.82) is 0 Å². The normalized spacial score (nSPS) is 10.5. The Kier molecular flexibility index (Phi) is 5.71. The van der Waals surface area contributed by atoms with Gasteiger partial charge in [0.25, 0.3) is 5.91 Å². The quantitative estimate of drug-likeness (QED) is 0.429. The highest BCUT2D eigenvalue weighted by Crippen LogP contribution is 2.21. The maximum absolute atomic E-state index is 13.4. The maximum atomic E-state index is 13.4. The Morgan fingerprint density at radius 1 is 0.806 bits per heavy atom. The van der Waals surface area contributed by atoms with E-state index < -0.39 is 0 Å². The van der Waals surface area contributed by atoms with Crippen LogP contribution in [0.15, 0.2) is 78.9 Å². The Balaban J connectivity index is 1.46. The summed E-state index contributed by atoms with van der Waals surface area (Å²) in [5, 5.41) is 14.4. The second kappa shape index (κ2) is 8.75. The molecule has 0 bridgehead atoms. The highest BCUT2D eigenvalue weighted by atomic mass is 19.1. The summed E-state index contributed by atoms with van der Waals surface area (Å²) in [5.74, 6) is 0.00343. The molecule has 1 amide bonds. The van der Waals surface area contributed by atoms with Gasteiger partial charge in [-0.05, 0) is 79.6 Å². The smallest absolute Gasteiger partial charge is 0.255 e. The molecule has 0 aliphatic rings. The lowest BCUT2D eigenvalue weighted by Crippen LogP contribution is -2.12. The lowest BCUT2D eigenvalue weighted by Gasteiger charge is -2.10. The van der Waals surface area contributed by atoms with E-state index in [1.807, 2.05) is 38.1 Å². The van der Waals surface area contributed by atoms with Crippen LogP contribution in [0.5, 0.6) is 0 Å². The van der Waals surface area contributed by atoms with Gasteiger partial charge >= 0.3 is 0 Å². The average molecular weight is 412 g/mol. The number of carbonyl (C=O) groups is 1. The first-order chi connectivity index (χ1) is 15.0. The summed E-state index contributed by atoms with van der Waals surface area (Å²) in [6.07, 6.45) is 0. The van der Waals surface area contributed by atoms with Crippen LogP contribution < -0.4 is 10.6 Å². The minimum Gasteiger partial charge on any atom is -0.339 e. The molecule has 0 aliphatic carbocycles. The summed E-state index contributed by atoms with van der Waals surface area (Å²) < 4.78 is 13.4. The zero-order valence-electron chi connectivity index (χ0n) is 17.2. The van der Waals surface area contributed by atoms with Crippen LogP contribution in [0.1, 0.15) is 21.5 Å². The van der Waals surface area contributed by atoms with Crippen LogP contribution in [-0.4, -0.2) is 16.1 Å². The van der Waals surface area contributed by atoms with E-state index in [-0.39, 0.29) is 11.7 Å². The van der Waals surface area contributed by atoms with Crippen LogP contribution in [0.3, 0.4) is 0 Å². The number of amides is 1. The first kappa shape index (κ1) is 20.2. The van der Waals surface area contributed by atoms with Crippen molar-refractivity contribution >= 4 is 23.1 Å². The molecule has 31 heavy (non-hydrogen) atoms. The number of anilines is 3. The van der Waals surface area contributed by atoms with Crippen LogP contribution in [0.25, 0.3) is 11.3 Å². The van der Waals surface area contributed by atoms with Crippen LogP contribution in [0.4, 0.5) is 21.6 Å². The van der Waals surface area contributed by atoms with Gasteiger partial charge in [0.1, 0.15) is 5.82 Å². The molecule has 0 aliphatic heterocycles. The number of nitrogens with one attached hydrogen (secondary N) is 2. The third kappa shape index (κ3) is 4.93.